The molecule has 0 radical (unpaired) electrons. The Balaban J connectivity index is 0.00000338. The number of hydrogen-bond donors (Lipinski definition) is 3. The molecule has 1 fully saturated rings. The van der Waals surface area contributed by atoms with Gasteiger partial charge in [-0.15, -0.1) is 0 Å². The Morgan fingerprint density at radius 2 is 1.76 bits per heavy atom. The molecular formula is C51H55ClN10O6. The first kappa shape index (κ1) is 48.3. The van der Waals surface area contributed by atoms with Crippen LogP contribution in [0.5, 0.6) is 11.5 Å². The number of piperidine rings is 1. The van der Waals surface area contributed by atoms with E-state index in [1.165, 1.54) is 23.2 Å². The number of aryl methyl sites for hydroxylation is 1. The Morgan fingerprint density at radius 1 is 1.01 bits per heavy atom. The number of urea groups is 1. The number of anilines is 2. The summed E-state index contributed by atoms with van der Waals surface area (Å²) in [4.78, 5) is 79.2. The molecule has 0 saturated carbocycles. The number of halogens is 1. The molecule has 2 aliphatic rings. The lowest BCUT2D eigenvalue weighted by molar-refractivity contribution is -0.129. The summed E-state index contributed by atoms with van der Waals surface area (Å²) in [6.07, 6.45) is 3.86. The van der Waals surface area contributed by atoms with E-state index in [4.69, 9.17) is 27.2 Å². The van der Waals surface area contributed by atoms with Crippen molar-refractivity contribution in [1.82, 2.24) is 40.2 Å². The van der Waals surface area contributed by atoms with Gasteiger partial charge in [0.25, 0.3) is 11.8 Å². The van der Waals surface area contributed by atoms with Crippen LogP contribution in [-0.2, 0) is 27.5 Å². The molecule has 4 heterocycles. The predicted octanol–water partition coefficient (Wildman–Crippen LogP) is 8.04. The van der Waals surface area contributed by atoms with Crippen LogP contribution in [0.2, 0.25) is 5.02 Å². The van der Waals surface area contributed by atoms with E-state index in [2.05, 4.69) is 27.2 Å². The summed E-state index contributed by atoms with van der Waals surface area (Å²) in [6.45, 7) is 10.9. The first-order chi connectivity index (χ1) is 32.9. The smallest absolute Gasteiger partial charge is 0.322 e. The van der Waals surface area contributed by atoms with Crippen LogP contribution in [-0.4, -0.2) is 92.3 Å². The SMILES string of the molecule is C=C(CN(C(=O)NCc1ccc2c(c1)C(=O)N(C(CCC=O)C(=O)NC)C2)c1ccc(C)c(Cl)c1)C(=O)N1CCCC(n2nc(-c3ccc(Oc4ccccc4)cc3)c3c(N)ncnc32)C1.CC. The number of carbonyl (C=O) groups excluding carboxylic acids is 5. The van der Waals surface area contributed by atoms with E-state index in [0.29, 0.717) is 63.8 Å². The van der Waals surface area contributed by atoms with Crippen LogP contribution in [0.25, 0.3) is 22.3 Å². The summed E-state index contributed by atoms with van der Waals surface area (Å²) in [6, 6.07) is 26.0. The fourth-order valence-electron chi connectivity index (χ4n) is 8.43. The van der Waals surface area contributed by atoms with Crippen molar-refractivity contribution in [2.75, 3.05) is 37.3 Å². The van der Waals surface area contributed by atoms with Crippen LogP contribution in [0.4, 0.5) is 16.3 Å². The van der Waals surface area contributed by atoms with Gasteiger partial charge in [0.15, 0.2) is 5.65 Å². The minimum absolute atomic E-state index is 0.0488. The fourth-order valence-corrected chi connectivity index (χ4v) is 8.61. The normalized spacial score (nSPS) is 14.6. The number of hydrogen-bond acceptors (Lipinski definition) is 10. The first-order valence-corrected chi connectivity index (χ1v) is 23.0. The highest BCUT2D eigenvalue weighted by atomic mass is 35.5. The van der Waals surface area contributed by atoms with Crippen molar-refractivity contribution in [3.8, 4) is 22.8 Å². The lowest BCUT2D eigenvalue weighted by atomic mass is 10.0. The number of fused-ring (bicyclic) bond motifs is 2. The summed E-state index contributed by atoms with van der Waals surface area (Å²) in [5, 5.41) is 11.6. The molecule has 16 nitrogen and oxygen atoms in total. The number of nitrogens with one attached hydrogen (secondary N) is 2. The molecule has 0 aliphatic carbocycles. The number of nitrogen functional groups attached to an aromatic ring is 1. The number of amides is 5. The maximum atomic E-state index is 14.3. The second kappa shape index (κ2) is 21.8. The molecule has 2 aliphatic heterocycles. The van der Waals surface area contributed by atoms with Gasteiger partial charge in [0.2, 0.25) is 5.91 Å². The molecule has 6 aromatic rings. The third-order valence-corrected chi connectivity index (χ3v) is 12.4. The van der Waals surface area contributed by atoms with Gasteiger partial charge in [-0.1, -0.05) is 68.4 Å². The van der Waals surface area contributed by atoms with Crippen molar-refractivity contribution in [3.63, 3.8) is 0 Å². The number of likely N-dealkylation sites (tertiary alicyclic amines) is 1. The second-order valence-corrected chi connectivity index (χ2v) is 16.7. The monoisotopic (exact) mass is 938 g/mol. The zero-order chi connectivity index (χ0) is 48.5. The second-order valence-electron chi connectivity index (χ2n) is 16.3. The lowest BCUT2D eigenvalue weighted by Crippen LogP contribution is -2.46. The van der Waals surface area contributed by atoms with E-state index >= 15 is 0 Å². The highest BCUT2D eigenvalue weighted by Gasteiger charge is 2.36. The van der Waals surface area contributed by atoms with Gasteiger partial charge in [-0.05, 0) is 97.5 Å². The third-order valence-electron chi connectivity index (χ3n) is 12.0. The summed E-state index contributed by atoms with van der Waals surface area (Å²) in [7, 11) is 1.49. The van der Waals surface area contributed by atoms with E-state index in [1.807, 2.05) is 86.1 Å². The van der Waals surface area contributed by atoms with E-state index in [0.717, 1.165) is 35.1 Å². The maximum Gasteiger partial charge on any atom is 0.322 e. The third kappa shape index (κ3) is 10.5. The fraction of sp³-hybridized carbons (Fsp3) is 0.294. The Bertz CT molecular complexity index is 2830. The number of aromatic nitrogens is 4. The zero-order valence-electron chi connectivity index (χ0n) is 38.6. The van der Waals surface area contributed by atoms with Crippen molar-refractivity contribution < 1.29 is 28.7 Å². The highest BCUT2D eigenvalue weighted by molar-refractivity contribution is 6.31. The number of nitrogens with two attached hydrogens (primary N) is 1. The molecule has 0 spiro atoms. The largest absolute Gasteiger partial charge is 0.457 e. The summed E-state index contributed by atoms with van der Waals surface area (Å²) in [5.41, 5.74) is 11.7. The molecule has 4 N–H and O–H groups in total. The molecule has 17 heteroatoms. The number of likely N-dealkylation sites (N-methyl/N-ethyl adjacent to an activating group) is 1. The minimum Gasteiger partial charge on any atom is -0.457 e. The van der Waals surface area contributed by atoms with Crippen LogP contribution in [0.15, 0.2) is 109 Å². The zero-order valence-corrected chi connectivity index (χ0v) is 39.3. The number of aldehydes is 1. The highest BCUT2D eigenvalue weighted by Crippen LogP contribution is 2.36. The van der Waals surface area contributed by atoms with Gasteiger partial charge in [-0.25, -0.2) is 19.4 Å². The molecule has 8 rings (SSSR count). The average molecular weight is 940 g/mol. The Labute approximate surface area is 400 Å². The lowest BCUT2D eigenvalue weighted by Gasteiger charge is -2.34. The van der Waals surface area contributed by atoms with Crippen LogP contribution < -0.4 is 26.0 Å². The van der Waals surface area contributed by atoms with Gasteiger partial charge < -0.3 is 35.7 Å². The van der Waals surface area contributed by atoms with E-state index in [-0.39, 0.29) is 67.6 Å². The molecule has 1 saturated heterocycles. The van der Waals surface area contributed by atoms with Crippen molar-refractivity contribution in [3.05, 3.63) is 137 Å². The Hall–Kier alpha value is -7.59. The quantitative estimate of drug-likeness (QED) is 0.0669. The average Bonchev–Trinajstić information content (AvgIpc) is 3.92. The maximum absolute atomic E-state index is 14.3. The van der Waals surface area contributed by atoms with Crippen LogP contribution in [0, 0.1) is 6.92 Å². The van der Waals surface area contributed by atoms with Crippen molar-refractivity contribution in [1.29, 1.82) is 0 Å². The van der Waals surface area contributed by atoms with Crippen molar-refractivity contribution >= 4 is 64.2 Å². The van der Waals surface area contributed by atoms with Gasteiger partial charge in [0.1, 0.15) is 41.7 Å². The van der Waals surface area contributed by atoms with Crippen molar-refractivity contribution in [2.24, 2.45) is 0 Å². The van der Waals surface area contributed by atoms with Crippen LogP contribution in [0.1, 0.15) is 72.6 Å². The van der Waals surface area contributed by atoms with Gasteiger partial charge >= 0.3 is 6.03 Å². The molecule has 5 amide bonds. The van der Waals surface area contributed by atoms with Gasteiger partial charge in [0, 0.05) is 67.1 Å². The topological polar surface area (TPSA) is 198 Å². The molecule has 352 valence electrons. The molecule has 4 aromatic carbocycles. The van der Waals surface area contributed by atoms with Gasteiger partial charge in [-0.2, -0.15) is 5.10 Å². The van der Waals surface area contributed by atoms with E-state index < -0.39 is 12.1 Å². The van der Waals surface area contributed by atoms with E-state index in [1.54, 1.807) is 35.2 Å². The summed E-state index contributed by atoms with van der Waals surface area (Å²) in [5.74, 6) is 0.662. The molecular weight excluding hydrogens is 884 g/mol. The molecule has 0 bridgehead atoms. The van der Waals surface area contributed by atoms with Crippen LogP contribution >= 0.6 is 11.6 Å². The number of ether oxygens (including phenoxy) is 1. The standard InChI is InChI=1S/C49H49ClN10O6.C2H6/c1-30-13-18-35(24-40(30)50)58(49(65)53-25-32-14-15-34-27-59(48(64)39(34)23-32)41(12-8-22-61)46(62)52-3)26-31(2)47(63)57-21-7-9-36(28-57)60-45-42(44(51)54-29-55-45)43(56-60)33-16-19-38(20-17-33)66-37-10-5-4-6-11-37;1-2/h4-6,10-11,13-20,22-24,29,36,41H,2,7-9,12,21,25-28H2,1,3H3,(H,52,62)(H,53,65)(H2,51,54,55);1-2H3. The number of para-hydroxylation sites is 1. The van der Waals surface area contributed by atoms with Crippen molar-refractivity contribution in [2.45, 2.75) is 71.6 Å². The van der Waals surface area contributed by atoms with Gasteiger partial charge in [-0.3, -0.25) is 19.3 Å². The molecule has 68 heavy (non-hydrogen) atoms. The molecule has 2 unspecified atom stereocenters. The Morgan fingerprint density at radius 3 is 2.49 bits per heavy atom. The van der Waals surface area contributed by atoms with Crippen LogP contribution in [0.3, 0.4) is 0 Å². The predicted molar refractivity (Wildman–Crippen MR) is 262 cm³/mol. The molecule has 2 aromatic heterocycles. The summed E-state index contributed by atoms with van der Waals surface area (Å²) < 4.78 is 7.82. The number of carbonyl (C=O) groups is 5. The molecule has 2 atom stereocenters. The Kier molecular flexibility index (Phi) is 15.5. The number of rotatable bonds is 15. The minimum atomic E-state index is -0.798. The van der Waals surface area contributed by atoms with E-state index in [9.17, 15) is 24.0 Å². The first-order valence-electron chi connectivity index (χ1n) is 22.6. The van der Waals surface area contributed by atoms with Gasteiger partial charge in [0.05, 0.1) is 18.0 Å². The summed E-state index contributed by atoms with van der Waals surface area (Å²) >= 11 is 6.55. The number of nitrogens with zero attached hydrogens (tertiary/aromatic N) is 7. The number of benzene rings is 4.